The molecule has 47 heavy (non-hydrogen) atoms. The quantitative estimate of drug-likeness (QED) is 0.224. The fraction of sp³-hybridized carbons (Fsp3) is 0.438. The van der Waals surface area contributed by atoms with E-state index in [9.17, 15) is 28.8 Å². The fourth-order valence-electron chi connectivity index (χ4n) is 5.75. The molecule has 3 aromatic rings. The molecule has 0 aliphatic carbocycles. The Morgan fingerprint density at radius 1 is 1.15 bits per heavy atom. The van der Waals surface area contributed by atoms with Gasteiger partial charge in [0.25, 0.3) is 17.7 Å². The lowest BCUT2D eigenvalue weighted by Gasteiger charge is -2.30. The maximum absolute atomic E-state index is 14.1. The first-order chi connectivity index (χ1) is 22.4. The number of nitrogens with one attached hydrogen (secondary N) is 4. The molecule has 1 fully saturated rings. The van der Waals surface area contributed by atoms with Crippen LogP contribution in [0, 0.1) is 0 Å². The molecule has 2 aliphatic rings. The van der Waals surface area contributed by atoms with Crippen LogP contribution in [0.15, 0.2) is 35.0 Å². The predicted octanol–water partition coefficient (Wildman–Crippen LogP) is 2.09. The lowest BCUT2D eigenvalue weighted by atomic mass is 9.92. The molecular formula is C32H38N8O7. The Bertz CT molecular complexity index is 1740. The highest BCUT2D eigenvalue weighted by atomic mass is 16.5. The van der Waals surface area contributed by atoms with Crippen LogP contribution in [0.1, 0.15) is 102 Å². The summed E-state index contributed by atoms with van der Waals surface area (Å²) in [6.07, 6.45) is 1.75. The number of piperidine rings is 1. The molecular weight excluding hydrogens is 608 g/mol. The minimum atomic E-state index is -1.11. The van der Waals surface area contributed by atoms with Gasteiger partial charge in [0.2, 0.25) is 17.7 Å². The van der Waals surface area contributed by atoms with Crippen LogP contribution in [-0.4, -0.2) is 86.3 Å². The average molecular weight is 647 g/mol. The number of aryl methyl sites for hydroxylation is 1. The number of hydrogen-bond donors (Lipinski definition) is 4. The lowest BCUT2D eigenvalue weighted by Crippen LogP contribution is -2.54. The van der Waals surface area contributed by atoms with E-state index in [1.807, 2.05) is 27.7 Å². The van der Waals surface area contributed by atoms with Crippen LogP contribution in [0.4, 0.5) is 5.69 Å². The van der Waals surface area contributed by atoms with E-state index in [4.69, 9.17) is 4.52 Å². The molecule has 5 rings (SSSR count). The second kappa shape index (κ2) is 13.2. The van der Waals surface area contributed by atoms with Crippen molar-refractivity contribution in [1.82, 2.24) is 35.8 Å². The molecule has 2 unspecified atom stereocenters. The largest absolute Gasteiger partial charge is 0.383 e. The van der Waals surface area contributed by atoms with E-state index in [1.165, 1.54) is 17.2 Å². The van der Waals surface area contributed by atoms with E-state index >= 15 is 0 Å². The second-order valence-electron chi connectivity index (χ2n) is 12.4. The number of hydrogen-bond acceptors (Lipinski definition) is 10. The number of rotatable bonds is 11. The number of imide groups is 2. The summed E-state index contributed by atoms with van der Waals surface area (Å²) in [6, 6.07) is 4.26. The van der Waals surface area contributed by atoms with E-state index in [0.29, 0.717) is 35.8 Å². The van der Waals surface area contributed by atoms with Crippen LogP contribution >= 0.6 is 0 Å². The number of fused-ring (bicyclic) bond motifs is 1. The van der Waals surface area contributed by atoms with Gasteiger partial charge in [-0.25, -0.2) is 0 Å². The van der Waals surface area contributed by atoms with Crippen molar-refractivity contribution in [2.24, 2.45) is 0 Å². The molecule has 15 nitrogen and oxygen atoms in total. The van der Waals surface area contributed by atoms with Crippen LogP contribution in [0.5, 0.6) is 0 Å². The number of aromatic amines is 1. The first kappa shape index (κ1) is 33.0. The van der Waals surface area contributed by atoms with E-state index in [2.05, 4.69) is 31.3 Å². The first-order valence-electron chi connectivity index (χ1n) is 15.5. The lowest BCUT2D eigenvalue weighted by molar-refractivity contribution is -0.136. The highest BCUT2D eigenvalue weighted by Crippen LogP contribution is 2.33. The topological polar surface area (TPSA) is 200 Å². The highest BCUT2D eigenvalue weighted by molar-refractivity contribution is 6.25. The van der Waals surface area contributed by atoms with E-state index in [1.54, 1.807) is 25.1 Å². The number of aromatic nitrogens is 3. The Kier molecular flexibility index (Phi) is 9.26. The van der Waals surface area contributed by atoms with Crippen LogP contribution in [0.2, 0.25) is 0 Å². The number of anilines is 1. The van der Waals surface area contributed by atoms with Gasteiger partial charge >= 0.3 is 0 Å². The fourth-order valence-corrected chi connectivity index (χ4v) is 5.75. The highest BCUT2D eigenvalue weighted by Gasteiger charge is 2.45. The molecule has 0 radical (unpaired) electrons. The number of carbonyl (C=O) groups is 6. The normalized spacial score (nSPS) is 17.0. The third-order valence-electron chi connectivity index (χ3n) is 8.17. The van der Waals surface area contributed by atoms with E-state index < -0.39 is 47.5 Å². The monoisotopic (exact) mass is 646 g/mol. The van der Waals surface area contributed by atoms with Gasteiger partial charge in [-0.2, -0.15) is 5.10 Å². The summed E-state index contributed by atoms with van der Waals surface area (Å²) in [5.41, 5.74) is 1.49. The van der Waals surface area contributed by atoms with Crippen LogP contribution in [0.3, 0.4) is 0 Å². The van der Waals surface area contributed by atoms with Crippen LogP contribution in [-0.2, 0) is 26.2 Å². The van der Waals surface area contributed by atoms with Gasteiger partial charge in [0, 0.05) is 43.6 Å². The number of amides is 6. The van der Waals surface area contributed by atoms with E-state index in [-0.39, 0.29) is 48.0 Å². The number of H-pyrrole nitrogens is 1. The summed E-state index contributed by atoms with van der Waals surface area (Å²) in [4.78, 5) is 81.1. The van der Waals surface area contributed by atoms with Gasteiger partial charge in [0.1, 0.15) is 17.4 Å². The number of nitrogens with zero attached hydrogens (tertiary/aromatic N) is 4. The van der Waals surface area contributed by atoms with Crippen molar-refractivity contribution < 1.29 is 33.3 Å². The van der Waals surface area contributed by atoms with Gasteiger partial charge in [0.15, 0.2) is 6.04 Å². The first-order valence-corrected chi connectivity index (χ1v) is 15.5. The third kappa shape index (κ3) is 6.37. The van der Waals surface area contributed by atoms with Crippen molar-refractivity contribution in [2.75, 3.05) is 25.0 Å². The summed E-state index contributed by atoms with van der Waals surface area (Å²) < 4.78 is 5.29. The summed E-state index contributed by atoms with van der Waals surface area (Å²) >= 11 is 0. The predicted molar refractivity (Wildman–Crippen MR) is 167 cm³/mol. The van der Waals surface area contributed by atoms with Gasteiger partial charge in [-0.1, -0.05) is 38.9 Å². The van der Waals surface area contributed by atoms with Gasteiger partial charge < -0.3 is 20.1 Å². The van der Waals surface area contributed by atoms with Gasteiger partial charge in [0.05, 0.1) is 28.7 Å². The van der Waals surface area contributed by atoms with Gasteiger partial charge in [-0.15, -0.1) is 0 Å². The summed E-state index contributed by atoms with van der Waals surface area (Å²) in [5.74, 6) is -3.03. The van der Waals surface area contributed by atoms with E-state index in [0.717, 1.165) is 4.90 Å². The average Bonchev–Trinajstić information content (AvgIpc) is 3.76. The molecule has 15 heteroatoms. The molecule has 1 aromatic carbocycles. The smallest absolute Gasteiger partial charge is 0.264 e. The molecule has 2 aromatic heterocycles. The Labute approximate surface area is 270 Å². The van der Waals surface area contributed by atoms with Crippen molar-refractivity contribution in [3.05, 3.63) is 64.3 Å². The molecule has 248 valence electrons. The molecule has 2 atom stereocenters. The van der Waals surface area contributed by atoms with Crippen molar-refractivity contribution in [3.63, 3.8) is 0 Å². The Morgan fingerprint density at radius 2 is 1.91 bits per heavy atom. The van der Waals surface area contributed by atoms with Crippen LogP contribution in [0.25, 0.3) is 0 Å². The maximum atomic E-state index is 14.1. The summed E-state index contributed by atoms with van der Waals surface area (Å²) in [7, 11) is 0. The van der Waals surface area contributed by atoms with Crippen molar-refractivity contribution in [1.29, 1.82) is 0 Å². The Balaban J connectivity index is 1.45. The zero-order chi connectivity index (χ0) is 34.0. The Hall–Kier alpha value is -5.34. The van der Waals surface area contributed by atoms with Crippen molar-refractivity contribution in [2.45, 2.75) is 71.4 Å². The molecule has 0 saturated carbocycles. The molecule has 0 spiro atoms. The van der Waals surface area contributed by atoms with Crippen LogP contribution < -0.4 is 16.0 Å². The van der Waals surface area contributed by atoms with Gasteiger partial charge in [-0.3, -0.25) is 44.1 Å². The maximum Gasteiger partial charge on any atom is 0.264 e. The zero-order valence-corrected chi connectivity index (χ0v) is 26.9. The molecule has 6 amide bonds. The molecule has 2 aliphatic heterocycles. The number of benzene rings is 1. The number of likely N-dealkylation sites (N-methyl/N-ethyl adjacent to an activating group) is 1. The van der Waals surface area contributed by atoms with Gasteiger partial charge in [-0.05, 0) is 31.5 Å². The molecule has 4 heterocycles. The molecule has 0 bridgehead atoms. The SMILES string of the molecule is CCNC(=O)C(c1cc(C(C)(C)C)n[nH]1)N(CCNc1cccc2c1C(=O)N(C1CCC(=O)NC1=O)C2=O)C(=O)c1cnoc1CC. The van der Waals surface area contributed by atoms with Crippen molar-refractivity contribution in [3.8, 4) is 0 Å². The zero-order valence-electron chi connectivity index (χ0n) is 26.9. The summed E-state index contributed by atoms with van der Waals surface area (Å²) in [5, 5.41) is 19.3. The second-order valence-corrected chi connectivity index (χ2v) is 12.4. The summed E-state index contributed by atoms with van der Waals surface area (Å²) in [6.45, 7) is 9.90. The molecule has 1 saturated heterocycles. The van der Waals surface area contributed by atoms with Crippen molar-refractivity contribution >= 4 is 41.1 Å². The minimum absolute atomic E-state index is 0.00502. The number of carbonyl (C=O) groups excluding carboxylic acids is 6. The molecule has 4 N–H and O–H groups in total. The Morgan fingerprint density at radius 3 is 2.57 bits per heavy atom. The standard InChI is InChI=1S/C32H38N8O7/c1-6-22-18(16-35-47-22)29(44)39(26(28(43)33-7-2)20-15-23(38-37-20)32(3,4)5)14-13-34-19-10-8-9-17-25(19)31(46)40(30(17)45)21-11-12-24(41)36-27(21)42/h8-10,15-16,21,26,34H,6-7,11-14H2,1-5H3,(H,33,43)(H,37,38)(H,36,41,42). The third-order valence-corrected chi connectivity index (χ3v) is 8.17. The minimum Gasteiger partial charge on any atom is -0.383 e.